The molecular weight excluding hydrogens is 377 g/mol. The fourth-order valence-corrected chi connectivity index (χ4v) is 2.93. The van der Waals surface area contributed by atoms with Gasteiger partial charge in [-0.2, -0.15) is 30.7 Å². The monoisotopic (exact) mass is 394 g/mol. The molecule has 0 aromatic carbocycles. The molecule has 0 aromatic rings. The molecule has 1 N–H and O–H groups in total. The number of carboxylic acids is 1. The summed E-state index contributed by atoms with van der Waals surface area (Å²) >= 11 is 0. The van der Waals surface area contributed by atoms with Gasteiger partial charge in [-0.3, -0.25) is 0 Å². The number of rotatable bonds is 6. The zero-order valence-electron chi connectivity index (χ0n) is 13.6. The highest BCUT2D eigenvalue weighted by atomic mass is 19.4. The SMILES string of the molecule is CC(OC(=O)/C=C/C(=O)O)(C1CCCCC1)C(F)(F)C(F)(F)C(F)(F)F. The van der Waals surface area contributed by atoms with Gasteiger partial charge in [-0.1, -0.05) is 19.3 Å². The minimum atomic E-state index is -6.57. The van der Waals surface area contributed by atoms with Crippen molar-refractivity contribution in [3.05, 3.63) is 12.2 Å². The minimum absolute atomic E-state index is 0.143. The maximum Gasteiger partial charge on any atom is 0.460 e. The first kappa shape index (κ1) is 22.2. The van der Waals surface area contributed by atoms with Gasteiger partial charge in [0.25, 0.3) is 0 Å². The van der Waals surface area contributed by atoms with Crippen molar-refractivity contribution >= 4 is 11.9 Å². The summed E-state index contributed by atoms with van der Waals surface area (Å²) in [5.41, 5.74) is -3.48. The summed E-state index contributed by atoms with van der Waals surface area (Å²) in [6.07, 6.45) is -5.34. The van der Waals surface area contributed by atoms with Crippen molar-refractivity contribution in [1.29, 1.82) is 0 Å². The quantitative estimate of drug-likeness (QED) is 0.414. The summed E-state index contributed by atoms with van der Waals surface area (Å²) in [7, 11) is 0. The van der Waals surface area contributed by atoms with Gasteiger partial charge in [0.1, 0.15) is 0 Å². The maximum atomic E-state index is 14.4. The van der Waals surface area contributed by atoms with Crippen molar-refractivity contribution in [3.63, 3.8) is 0 Å². The van der Waals surface area contributed by atoms with Crippen molar-refractivity contribution in [2.45, 2.75) is 62.7 Å². The summed E-state index contributed by atoms with van der Waals surface area (Å²) in [5.74, 6) is -17.1. The van der Waals surface area contributed by atoms with Crippen LogP contribution in [0.5, 0.6) is 0 Å². The molecule has 0 amide bonds. The number of carbonyl (C=O) groups is 2. The van der Waals surface area contributed by atoms with Crippen LogP contribution in [0.1, 0.15) is 39.0 Å². The van der Waals surface area contributed by atoms with Gasteiger partial charge in [-0.05, 0) is 19.8 Å². The number of carbonyl (C=O) groups excluding carboxylic acids is 1. The van der Waals surface area contributed by atoms with Crippen molar-refractivity contribution in [2.75, 3.05) is 0 Å². The fraction of sp³-hybridized carbons (Fsp3) is 0.733. The Balaban J connectivity index is 3.35. The first-order chi connectivity index (χ1) is 11.7. The molecule has 1 rings (SSSR count). The topological polar surface area (TPSA) is 63.6 Å². The Hall–Kier alpha value is -1.81. The molecule has 0 radical (unpaired) electrons. The van der Waals surface area contributed by atoms with Crippen molar-refractivity contribution in [2.24, 2.45) is 5.92 Å². The molecule has 0 heterocycles. The van der Waals surface area contributed by atoms with Crippen LogP contribution < -0.4 is 0 Å². The Kier molecular flexibility index (Phi) is 6.36. The second kappa shape index (κ2) is 7.43. The van der Waals surface area contributed by atoms with Gasteiger partial charge < -0.3 is 9.84 Å². The van der Waals surface area contributed by atoms with E-state index in [0.717, 1.165) is 0 Å². The molecule has 150 valence electrons. The van der Waals surface area contributed by atoms with E-state index in [1.807, 2.05) is 0 Å². The normalized spacial score (nSPS) is 20.0. The van der Waals surface area contributed by atoms with Gasteiger partial charge in [0.2, 0.25) is 0 Å². The Labute approximate surface area is 144 Å². The van der Waals surface area contributed by atoms with E-state index in [9.17, 15) is 40.3 Å². The summed E-state index contributed by atoms with van der Waals surface area (Å²) < 4.78 is 97.9. The molecule has 0 aromatic heterocycles. The molecule has 0 aliphatic heterocycles. The highest BCUT2D eigenvalue weighted by Gasteiger charge is 2.80. The third-order valence-electron chi connectivity index (χ3n) is 4.43. The molecule has 0 spiro atoms. The molecular formula is C15H17F7O4. The van der Waals surface area contributed by atoms with Crippen LogP contribution in [0.15, 0.2) is 12.2 Å². The lowest BCUT2D eigenvalue weighted by Crippen LogP contribution is -2.67. The molecule has 0 saturated heterocycles. The third-order valence-corrected chi connectivity index (χ3v) is 4.43. The van der Waals surface area contributed by atoms with Crippen LogP contribution in [-0.2, 0) is 14.3 Å². The molecule has 1 fully saturated rings. The first-order valence-corrected chi connectivity index (χ1v) is 7.63. The van der Waals surface area contributed by atoms with Crippen LogP contribution in [-0.4, -0.2) is 40.7 Å². The van der Waals surface area contributed by atoms with Crippen LogP contribution in [0, 0.1) is 5.92 Å². The number of esters is 1. The largest absolute Gasteiger partial charge is 0.478 e. The average Bonchev–Trinajstić information content (AvgIpc) is 2.52. The van der Waals surface area contributed by atoms with Gasteiger partial charge in [0, 0.05) is 18.1 Å². The average molecular weight is 394 g/mol. The van der Waals surface area contributed by atoms with Crippen LogP contribution in [0.4, 0.5) is 30.7 Å². The van der Waals surface area contributed by atoms with Gasteiger partial charge >= 0.3 is 30.0 Å². The fourth-order valence-electron chi connectivity index (χ4n) is 2.93. The van der Waals surface area contributed by atoms with Crippen LogP contribution in [0.3, 0.4) is 0 Å². The summed E-state index contributed by atoms with van der Waals surface area (Å²) in [5, 5.41) is 8.39. The molecule has 0 bridgehead atoms. The molecule has 4 nitrogen and oxygen atoms in total. The molecule has 1 saturated carbocycles. The molecule has 1 aliphatic carbocycles. The molecule has 1 unspecified atom stereocenters. The Bertz CT molecular complexity index is 565. The minimum Gasteiger partial charge on any atom is -0.478 e. The third kappa shape index (κ3) is 4.12. The van der Waals surface area contributed by atoms with E-state index < -0.39 is 41.5 Å². The smallest absolute Gasteiger partial charge is 0.460 e. The van der Waals surface area contributed by atoms with E-state index in [-0.39, 0.29) is 37.8 Å². The highest BCUT2D eigenvalue weighted by Crippen LogP contribution is 2.56. The standard InChI is InChI=1S/C15H17F7O4/c1-12(9-5-3-2-4-6-9,26-11(25)8-7-10(23)24)13(16,17)14(18,19)15(20,21)22/h7-9H,2-6H2,1H3,(H,23,24)/b8-7+. The number of alkyl halides is 7. The van der Waals surface area contributed by atoms with Gasteiger partial charge in [-0.25, -0.2) is 9.59 Å². The lowest BCUT2D eigenvalue weighted by Gasteiger charge is -2.46. The van der Waals surface area contributed by atoms with Crippen LogP contribution >= 0.6 is 0 Å². The van der Waals surface area contributed by atoms with Crippen LogP contribution in [0.25, 0.3) is 0 Å². The van der Waals surface area contributed by atoms with Gasteiger partial charge in [0.05, 0.1) is 0 Å². The zero-order chi connectivity index (χ0) is 20.4. The summed E-state index contributed by atoms with van der Waals surface area (Å²) in [6, 6.07) is 0. The molecule has 26 heavy (non-hydrogen) atoms. The predicted molar refractivity (Wildman–Crippen MR) is 73.8 cm³/mol. The number of carboxylic acid groups (broad SMARTS) is 1. The first-order valence-electron chi connectivity index (χ1n) is 7.63. The molecule has 1 atom stereocenters. The zero-order valence-corrected chi connectivity index (χ0v) is 13.6. The van der Waals surface area contributed by atoms with E-state index in [4.69, 9.17) is 5.11 Å². The van der Waals surface area contributed by atoms with E-state index in [1.165, 1.54) is 0 Å². The van der Waals surface area contributed by atoms with Crippen molar-refractivity contribution < 1.29 is 50.2 Å². The van der Waals surface area contributed by atoms with Crippen molar-refractivity contribution in [3.8, 4) is 0 Å². The van der Waals surface area contributed by atoms with E-state index >= 15 is 0 Å². The number of ether oxygens (including phenoxy) is 1. The summed E-state index contributed by atoms with van der Waals surface area (Å²) in [4.78, 5) is 21.9. The second-order valence-electron chi connectivity index (χ2n) is 6.18. The highest BCUT2D eigenvalue weighted by molar-refractivity contribution is 5.91. The Morgan fingerprint density at radius 1 is 0.923 bits per heavy atom. The summed E-state index contributed by atoms with van der Waals surface area (Å²) in [6.45, 7) is 0.329. The number of halogens is 7. The van der Waals surface area contributed by atoms with Gasteiger partial charge in [0.15, 0.2) is 5.60 Å². The lowest BCUT2D eigenvalue weighted by molar-refractivity contribution is -0.392. The maximum absolute atomic E-state index is 14.4. The van der Waals surface area contributed by atoms with E-state index in [1.54, 1.807) is 0 Å². The lowest BCUT2D eigenvalue weighted by atomic mass is 9.72. The van der Waals surface area contributed by atoms with Gasteiger partial charge in [-0.15, -0.1) is 0 Å². The van der Waals surface area contributed by atoms with E-state index in [0.29, 0.717) is 13.3 Å². The number of hydrogen-bond donors (Lipinski definition) is 1. The number of aliphatic carboxylic acids is 1. The Morgan fingerprint density at radius 3 is 1.85 bits per heavy atom. The molecule has 1 aliphatic rings. The second-order valence-corrected chi connectivity index (χ2v) is 6.18. The Morgan fingerprint density at radius 2 is 1.42 bits per heavy atom. The van der Waals surface area contributed by atoms with E-state index in [2.05, 4.69) is 4.74 Å². The predicted octanol–water partition coefficient (Wildman–Crippen LogP) is 4.34. The molecule has 11 heteroatoms. The number of hydrogen-bond acceptors (Lipinski definition) is 3. The van der Waals surface area contributed by atoms with Crippen molar-refractivity contribution in [1.82, 2.24) is 0 Å². The van der Waals surface area contributed by atoms with Crippen LogP contribution in [0.2, 0.25) is 0 Å².